The maximum absolute atomic E-state index is 14.9. The van der Waals surface area contributed by atoms with E-state index in [4.69, 9.17) is 9.47 Å². The first-order valence-electron chi connectivity index (χ1n) is 14.1. The lowest BCUT2D eigenvalue weighted by Crippen LogP contribution is -2.41. The minimum absolute atomic E-state index is 0.141. The average Bonchev–Trinajstić information content (AvgIpc) is 2.94. The molecule has 2 aromatic rings. The van der Waals surface area contributed by atoms with Gasteiger partial charge in [-0.05, 0) is 117 Å². The first-order chi connectivity index (χ1) is 18.5. The number of phenolic OH excluding ortho intramolecular Hbond substituents is 1. The Kier molecular flexibility index (Phi) is 8.70. The predicted octanol–water partition coefficient (Wildman–Crippen LogP) is 5.72. The van der Waals surface area contributed by atoms with Crippen LogP contribution in [0, 0.1) is 17.7 Å². The maximum atomic E-state index is 14.9. The minimum Gasteiger partial charge on any atom is -0.508 e. The molecule has 5 nitrogen and oxygen atoms in total. The molecule has 1 aliphatic heterocycles. The van der Waals surface area contributed by atoms with Gasteiger partial charge in [0.2, 0.25) is 0 Å². The summed E-state index contributed by atoms with van der Waals surface area (Å²) in [5.41, 5.74) is 3.51. The van der Waals surface area contributed by atoms with Crippen molar-refractivity contribution in [1.29, 1.82) is 0 Å². The van der Waals surface area contributed by atoms with Gasteiger partial charge in [-0.15, -0.1) is 0 Å². The second-order valence-electron chi connectivity index (χ2n) is 11.1. The smallest absolute Gasteiger partial charge is 0.165 e. The summed E-state index contributed by atoms with van der Waals surface area (Å²) in [5.74, 6) is 2.05. The number of phenols is 1. The molecule has 2 aromatic carbocycles. The molecule has 0 amide bonds. The molecular weight excluding hydrogens is 479 g/mol. The molecule has 1 saturated heterocycles. The summed E-state index contributed by atoms with van der Waals surface area (Å²) < 4.78 is 26.3. The number of hydrogen-bond acceptors (Lipinski definition) is 5. The zero-order valence-corrected chi connectivity index (χ0v) is 22.7. The Bertz CT molecular complexity index is 1160. The molecule has 0 spiro atoms. The summed E-state index contributed by atoms with van der Waals surface area (Å²) in [7, 11) is 3.81. The Morgan fingerprint density at radius 2 is 1.92 bits per heavy atom. The molecule has 204 valence electrons. The van der Waals surface area contributed by atoms with Crippen LogP contribution in [-0.4, -0.2) is 61.3 Å². The van der Waals surface area contributed by atoms with Crippen LogP contribution in [0.4, 0.5) is 4.39 Å². The normalized spacial score (nSPS) is 23.7. The largest absolute Gasteiger partial charge is 0.508 e. The quantitative estimate of drug-likeness (QED) is 0.458. The van der Waals surface area contributed by atoms with Crippen molar-refractivity contribution in [2.75, 3.05) is 40.4 Å². The molecule has 0 aromatic heterocycles. The van der Waals surface area contributed by atoms with Crippen molar-refractivity contribution < 1.29 is 19.0 Å². The third-order valence-electron chi connectivity index (χ3n) is 8.50. The van der Waals surface area contributed by atoms with E-state index in [9.17, 15) is 9.50 Å². The fraction of sp³-hybridized carbons (Fsp3) is 0.500. The van der Waals surface area contributed by atoms with Gasteiger partial charge < -0.3 is 14.6 Å². The molecule has 0 bridgehead atoms. The van der Waals surface area contributed by atoms with Gasteiger partial charge in [-0.2, -0.15) is 0 Å². The summed E-state index contributed by atoms with van der Waals surface area (Å²) in [5, 5.41) is 9.87. The van der Waals surface area contributed by atoms with Crippen LogP contribution in [0.2, 0.25) is 0 Å². The summed E-state index contributed by atoms with van der Waals surface area (Å²) in [6.07, 6.45) is 13.4. The molecule has 1 heterocycles. The van der Waals surface area contributed by atoms with Gasteiger partial charge in [0.05, 0.1) is 7.11 Å². The standard InChI is InChI=1S/C32H41FN2O3/c1-34(22-23-6-13-32(30(33)18-23)38-17-16-35-14-4-3-5-15-35)31-21-28(37-2)11-12-29(31)26-8-7-25-20-27(36)10-9-24(25)19-26/h6,9-13,18,20-21,26,29,31,36H,3-5,7-8,14-17,19,22H2,1-2H3/t26-,29?,31?/m1/s1. The van der Waals surface area contributed by atoms with Gasteiger partial charge in [-0.3, -0.25) is 9.80 Å². The number of halogens is 1. The predicted molar refractivity (Wildman–Crippen MR) is 149 cm³/mol. The van der Waals surface area contributed by atoms with Gasteiger partial charge in [0, 0.05) is 19.1 Å². The molecule has 1 fully saturated rings. The van der Waals surface area contributed by atoms with Crippen LogP contribution in [-0.2, 0) is 24.1 Å². The molecule has 3 atom stereocenters. The van der Waals surface area contributed by atoms with Crippen molar-refractivity contribution >= 4 is 0 Å². The number of aryl methyl sites for hydroxylation is 1. The zero-order valence-electron chi connectivity index (χ0n) is 22.7. The maximum Gasteiger partial charge on any atom is 0.165 e. The van der Waals surface area contributed by atoms with Gasteiger partial charge in [0.1, 0.15) is 18.1 Å². The van der Waals surface area contributed by atoms with Crippen molar-refractivity contribution in [2.24, 2.45) is 11.8 Å². The first kappa shape index (κ1) is 26.8. The number of allylic oxidation sites excluding steroid dienone is 1. The number of methoxy groups -OCH3 is 1. The van der Waals surface area contributed by atoms with Gasteiger partial charge in [0.25, 0.3) is 0 Å². The second kappa shape index (κ2) is 12.4. The molecule has 5 rings (SSSR count). The molecular formula is C32H41FN2O3. The monoisotopic (exact) mass is 520 g/mol. The molecule has 2 unspecified atom stereocenters. The molecule has 38 heavy (non-hydrogen) atoms. The van der Waals surface area contributed by atoms with Crippen molar-refractivity contribution in [3.63, 3.8) is 0 Å². The summed E-state index contributed by atoms with van der Waals surface area (Å²) in [6.45, 7) is 4.22. The fourth-order valence-corrected chi connectivity index (χ4v) is 6.37. The van der Waals surface area contributed by atoms with Crippen LogP contribution >= 0.6 is 0 Å². The summed E-state index contributed by atoms with van der Waals surface area (Å²) >= 11 is 0. The van der Waals surface area contributed by atoms with Gasteiger partial charge in [-0.1, -0.05) is 24.6 Å². The van der Waals surface area contributed by atoms with E-state index in [1.54, 1.807) is 25.3 Å². The number of hydrogen-bond donors (Lipinski definition) is 1. The Labute approximate surface area is 226 Å². The lowest BCUT2D eigenvalue weighted by Gasteiger charge is -2.39. The topological polar surface area (TPSA) is 45.2 Å². The van der Waals surface area contributed by atoms with Crippen LogP contribution in [0.1, 0.15) is 42.4 Å². The SMILES string of the molecule is COC1=CC(N(C)Cc2ccc(OCCN3CCCCC3)c(F)c2)C([C@@H]2CCc3cc(O)ccc3C2)C=C1. The Morgan fingerprint density at radius 1 is 1.08 bits per heavy atom. The van der Waals surface area contributed by atoms with E-state index in [0.717, 1.165) is 50.2 Å². The lowest BCUT2D eigenvalue weighted by atomic mass is 9.72. The number of piperidine rings is 1. The molecule has 0 radical (unpaired) electrons. The number of benzene rings is 2. The summed E-state index contributed by atoms with van der Waals surface area (Å²) in [6, 6.07) is 11.3. The molecule has 6 heteroatoms. The Hall–Kier alpha value is -2.83. The van der Waals surface area contributed by atoms with Crippen molar-refractivity contribution in [1.82, 2.24) is 9.80 Å². The summed E-state index contributed by atoms with van der Waals surface area (Å²) in [4.78, 5) is 4.70. The Morgan fingerprint density at radius 3 is 2.71 bits per heavy atom. The van der Waals surface area contributed by atoms with Crippen LogP contribution in [0.3, 0.4) is 0 Å². The third-order valence-corrected chi connectivity index (χ3v) is 8.50. The van der Waals surface area contributed by atoms with E-state index in [-0.39, 0.29) is 11.9 Å². The van der Waals surface area contributed by atoms with E-state index in [1.165, 1.54) is 30.4 Å². The van der Waals surface area contributed by atoms with Crippen LogP contribution < -0.4 is 4.74 Å². The average molecular weight is 521 g/mol. The minimum atomic E-state index is -0.296. The highest BCUT2D eigenvalue weighted by atomic mass is 19.1. The van der Waals surface area contributed by atoms with Crippen LogP contribution in [0.15, 0.2) is 60.4 Å². The molecule has 2 aliphatic carbocycles. The van der Waals surface area contributed by atoms with Crippen LogP contribution in [0.25, 0.3) is 0 Å². The van der Waals surface area contributed by atoms with Gasteiger partial charge >= 0.3 is 0 Å². The fourth-order valence-electron chi connectivity index (χ4n) is 6.37. The number of ether oxygens (including phenoxy) is 2. The number of likely N-dealkylation sites (N-methyl/N-ethyl adjacent to an activating group) is 1. The highest BCUT2D eigenvalue weighted by Gasteiger charge is 2.34. The number of likely N-dealkylation sites (tertiary alicyclic amines) is 1. The van der Waals surface area contributed by atoms with E-state index in [1.807, 2.05) is 12.1 Å². The highest BCUT2D eigenvalue weighted by Crippen LogP contribution is 2.38. The van der Waals surface area contributed by atoms with E-state index < -0.39 is 0 Å². The van der Waals surface area contributed by atoms with Crippen molar-refractivity contribution in [3.05, 3.63) is 82.9 Å². The first-order valence-corrected chi connectivity index (χ1v) is 14.1. The van der Waals surface area contributed by atoms with E-state index in [2.05, 4.69) is 41.1 Å². The molecule has 1 N–H and O–H groups in total. The molecule has 3 aliphatic rings. The molecule has 0 saturated carbocycles. The van der Waals surface area contributed by atoms with E-state index >= 15 is 0 Å². The second-order valence-corrected chi connectivity index (χ2v) is 11.1. The van der Waals surface area contributed by atoms with Crippen LogP contribution in [0.5, 0.6) is 11.5 Å². The highest BCUT2D eigenvalue weighted by molar-refractivity contribution is 5.37. The van der Waals surface area contributed by atoms with Gasteiger partial charge in [-0.25, -0.2) is 4.39 Å². The number of nitrogens with zero attached hydrogens (tertiary/aromatic N) is 2. The number of rotatable bonds is 9. The Balaban J connectivity index is 1.23. The number of aromatic hydroxyl groups is 1. The zero-order chi connectivity index (χ0) is 26.5. The third kappa shape index (κ3) is 6.41. The number of fused-ring (bicyclic) bond motifs is 1. The van der Waals surface area contributed by atoms with Crippen molar-refractivity contribution in [2.45, 2.75) is 51.1 Å². The van der Waals surface area contributed by atoms with E-state index in [0.29, 0.717) is 36.5 Å². The van der Waals surface area contributed by atoms with Gasteiger partial charge in [0.15, 0.2) is 11.6 Å². The van der Waals surface area contributed by atoms with Crippen molar-refractivity contribution in [3.8, 4) is 11.5 Å². The lowest BCUT2D eigenvalue weighted by molar-refractivity contribution is 0.169.